The second-order valence-corrected chi connectivity index (χ2v) is 6.87. The number of thioether (sulfide) groups is 1. The van der Waals surface area contributed by atoms with Gasteiger partial charge in [0.05, 0.1) is 4.87 Å². The fourth-order valence-corrected chi connectivity index (χ4v) is 5.43. The van der Waals surface area contributed by atoms with Crippen LogP contribution >= 0.6 is 11.8 Å². The van der Waals surface area contributed by atoms with Crippen LogP contribution in [0.1, 0.15) is 57.8 Å². The first kappa shape index (κ1) is 9.53. The summed E-state index contributed by atoms with van der Waals surface area (Å²) >= 11 is 2.31. The number of fused-ring (bicyclic) bond motifs is 1. The molecule has 0 aromatic carbocycles. The predicted octanol–water partition coefficient (Wildman–Crippen LogP) is 3.29. The summed E-state index contributed by atoms with van der Waals surface area (Å²) in [5.74, 6) is 0. The van der Waals surface area contributed by atoms with Gasteiger partial charge in [-0.1, -0.05) is 32.1 Å². The van der Waals surface area contributed by atoms with E-state index in [9.17, 15) is 0 Å². The Bertz CT molecular complexity index is 194. The zero-order valence-corrected chi connectivity index (χ0v) is 9.74. The summed E-state index contributed by atoms with van der Waals surface area (Å²) in [5.41, 5.74) is 0. The lowest BCUT2D eigenvalue weighted by Gasteiger charge is -2.33. The maximum atomic E-state index is 3.97. The van der Waals surface area contributed by atoms with Crippen molar-refractivity contribution < 1.29 is 0 Å². The molecule has 3 rings (SSSR count). The van der Waals surface area contributed by atoms with Gasteiger partial charge in [0.15, 0.2) is 0 Å². The molecule has 1 aliphatic heterocycles. The van der Waals surface area contributed by atoms with Gasteiger partial charge < -0.3 is 0 Å². The molecule has 2 atom stereocenters. The molecule has 0 aromatic rings. The number of nitrogens with one attached hydrogen (secondary N) is 1. The van der Waals surface area contributed by atoms with Gasteiger partial charge in [0.1, 0.15) is 0 Å². The molecule has 80 valence electrons. The van der Waals surface area contributed by atoms with Crippen molar-refractivity contribution in [3.63, 3.8) is 0 Å². The third-order valence-corrected chi connectivity index (χ3v) is 6.03. The summed E-state index contributed by atoms with van der Waals surface area (Å²) in [6.07, 6.45) is 13.1. The molecule has 0 unspecified atom stereocenters. The standard InChI is InChI=1S/C12H21NS/c1-4-8-12(9-5-1)13-10-6-2-3-7-11(10)14-12/h10-11,13H,1-9H2/t10-,11-/m1/s1. The van der Waals surface area contributed by atoms with Gasteiger partial charge in [-0.3, -0.25) is 5.32 Å². The van der Waals surface area contributed by atoms with Crippen LogP contribution in [0, 0.1) is 0 Å². The molecular formula is C12H21NS. The quantitative estimate of drug-likeness (QED) is 0.660. The topological polar surface area (TPSA) is 12.0 Å². The highest BCUT2D eigenvalue weighted by Crippen LogP contribution is 2.49. The van der Waals surface area contributed by atoms with Crippen LogP contribution < -0.4 is 5.32 Å². The van der Waals surface area contributed by atoms with Gasteiger partial charge in [0, 0.05) is 11.3 Å². The lowest BCUT2D eigenvalue weighted by Crippen LogP contribution is -2.44. The van der Waals surface area contributed by atoms with E-state index in [2.05, 4.69) is 17.1 Å². The van der Waals surface area contributed by atoms with Crippen LogP contribution in [0.4, 0.5) is 0 Å². The summed E-state index contributed by atoms with van der Waals surface area (Å²) in [6, 6.07) is 0.867. The molecule has 1 N–H and O–H groups in total. The lowest BCUT2D eigenvalue weighted by atomic mass is 9.91. The summed E-state index contributed by atoms with van der Waals surface area (Å²) in [4.78, 5) is 0.526. The SMILES string of the molecule is C1CCC2(CC1)N[C@@H]1CCCC[C@H]1S2. The molecule has 2 aliphatic carbocycles. The first-order valence-electron chi connectivity index (χ1n) is 6.34. The molecule has 0 aromatic heterocycles. The number of rotatable bonds is 0. The smallest absolute Gasteiger partial charge is 0.0651 e. The Labute approximate surface area is 91.4 Å². The maximum absolute atomic E-state index is 3.97. The average Bonchev–Trinajstić information content (AvgIpc) is 2.56. The minimum atomic E-state index is 0.526. The Morgan fingerprint density at radius 1 is 0.929 bits per heavy atom. The number of hydrogen-bond acceptors (Lipinski definition) is 2. The van der Waals surface area contributed by atoms with Crippen molar-refractivity contribution in [1.82, 2.24) is 5.32 Å². The molecular weight excluding hydrogens is 190 g/mol. The van der Waals surface area contributed by atoms with Crippen LogP contribution in [0.3, 0.4) is 0 Å². The van der Waals surface area contributed by atoms with E-state index in [0.29, 0.717) is 4.87 Å². The highest BCUT2D eigenvalue weighted by Gasteiger charge is 2.45. The van der Waals surface area contributed by atoms with Gasteiger partial charge in [-0.15, -0.1) is 11.8 Å². The molecule has 2 heteroatoms. The first-order valence-corrected chi connectivity index (χ1v) is 7.22. The van der Waals surface area contributed by atoms with Gasteiger partial charge in [-0.05, 0) is 25.7 Å². The fraction of sp³-hybridized carbons (Fsp3) is 1.00. The Kier molecular flexibility index (Phi) is 2.53. The molecule has 14 heavy (non-hydrogen) atoms. The molecule has 1 heterocycles. The summed E-state index contributed by atoms with van der Waals surface area (Å²) in [7, 11) is 0. The largest absolute Gasteiger partial charge is 0.299 e. The first-order chi connectivity index (χ1) is 6.88. The molecule has 0 amide bonds. The van der Waals surface area contributed by atoms with Crippen molar-refractivity contribution in [2.75, 3.05) is 0 Å². The van der Waals surface area contributed by atoms with Crippen molar-refractivity contribution in [2.45, 2.75) is 74.0 Å². The van der Waals surface area contributed by atoms with Crippen molar-refractivity contribution in [1.29, 1.82) is 0 Å². The van der Waals surface area contributed by atoms with Crippen LogP contribution in [0.25, 0.3) is 0 Å². The Balaban J connectivity index is 1.71. The van der Waals surface area contributed by atoms with E-state index in [1.807, 2.05) is 0 Å². The second-order valence-electron chi connectivity index (χ2n) is 5.25. The summed E-state index contributed by atoms with van der Waals surface area (Å²) < 4.78 is 0. The highest BCUT2D eigenvalue weighted by atomic mass is 32.2. The van der Waals surface area contributed by atoms with Crippen LogP contribution in [-0.2, 0) is 0 Å². The Hall–Kier alpha value is 0.310. The van der Waals surface area contributed by atoms with Crippen molar-refractivity contribution in [3.05, 3.63) is 0 Å². The third kappa shape index (κ3) is 1.61. The van der Waals surface area contributed by atoms with Gasteiger partial charge in [-0.25, -0.2) is 0 Å². The normalized spacial score (nSPS) is 41.1. The molecule has 1 nitrogen and oxygen atoms in total. The molecule has 2 saturated carbocycles. The molecule has 3 aliphatic rings. The minimum Gasteiger partial charge on any atom is -0.299 e. The van der Waals surface area contributed by atoms with Crippen LogP contribution in [-0.4, -0.2) is 16.2 Å². The fourth-order valence-electron chi connectivity index (χ4n) is 3.45. The average molecular weight is 211 g/mol. The zero-order valence-electron chi connectivity index (χ0n) is 8.93. The van der Waals surface area contributed by atoms with E-state index in [4.69, 9.17) is 0 Å². The molecule has 0 bridgehead atoms. The van der Waals surface area contributed by atoms with E-state index < -0.39 is 0 Å². The van der Waals surface area contributed by atoms with Gasteiger partial charge in [0.2, 0.25) is 0 Å². The van der Waals surface area contributed by atoms with Gasteiger partial charge >= 0.3 is 0 Å². The van der Waals surface area contributed by atoms with Crippen molar-refractivity contribution >= 4 is 11.8 Å². The Morgan fingerprint density at radius 3 is 2.50 bits per heavy atom. The van der Waals surface area contributed by atoms with Crippen molar-refractivity contribution in [3.8, 4) is 0 Å². The summed E-state index contributed by atoms with van der Waals surface area (Å²) in [6.45, 7) is 0. The molecule has 1 spiro atoms. The van der Waals surface area contributed by atoms with Crippen LogP contribution in [0.15, 0.2) is 0 Å². The number of hydrogen-bond donors (Lipinski definition) is 1. The highest BCUT2D eigenvalue weighted by molar-refractivity contribution is 8.01. The monoisotopic (exact) mass is 211 g/mol. The van der Waals surface area contributed by atoms with Crippen LogP contribution in [0.2, 0.25) is 0 Å². The minimum absolute atomic E-state index is 0.526. The van der Waals surface area contributed by atoms with Crippen molar-refractivity contribution in [2.24, 2.45) is 0 Å². The van der Waals surface area contributed by atoms with Gasteiger partial charge in [-0.2, -0.15) is 0 Å². The molecule has 0 radical (unpaired) electrons. The predicted molar refractivity (Wildman–Crippen MR) is 62.6 cm³/mol. The molecule has 1 saturated heterocycles. The van der Waals surface area contributed by atoms with E-state index in [0.717, 1.165) is 11.3 Å². The zero-order chi connectivity index (χ0) is 9.43. The van der Waals surface area contributed by atoms with E-state index in [-0.39, 0.29) is 0 Å². The third-order valence-electron chi connectivity index (χ3n) is 4.19. The molecule has 3 fully saturated rings. The van der Waals surface area contributed by atoms with E-state index in [1.54, 1.807) is 0 Å². The summed E-state index contributed by atoms with van der Waals surface area (Å²) in [5, 5.41) is 4.93. The second kappa shape index (κ2) is 3.71. The van der Waals surface area contributed by atoms with E-state index in [1.165, 1.54) is 57.8 Å². The maximum Gasteiger partial charge on any atom is 0.0651 e. The van der Waals surface area contributed by atoms with Crippen LogP contribution in [0.5, 0.6) is 0 Å². The lowest BCUT2D eigenvalue weighted by molar-refractivity contribution is 0.299. The van der Waals surface area contributed by atoms with E-state index >= 15 is 0 Å². The van der Waals surface area contributed by atoms with Gasteiger partial charge in [0.25, 0.3) is 0 Å². The Morgan fingerprint density at radius 2 is 1.71 bits per heavy atom.